The van der Waals surface area contributed by atoms with E-state index in [1.165, 1.54) is 12.1 Å². The number of nitrogens with one attached hydrogen (secondary N) is 1. The first-order valence-electron chi connectivity index (χ1n) is 7.14. The first kappa shape index (κ1) is 16.8. The van der Waals surface area contributed by atoms with Crippen molar-refractivity contribution in [2.24, 2.45) is 0 Å². The molecule has 1 aliphatic rings. The van der Waals surface area contributed by atoms with Crippen LogP contribution in [0.2, 0.25) is 0 Å². The Bertz CT molecular complexity index is 613. The molecule has 3 rings (SSSR count). The van der Waals surface area contributed by atoms with Crippen LogP contribution < -0.4 is 5.32 Å². The summed E-state index contributed by atoms with van der Waals surface area (Å²) in [5.74, 6) is 0.514. The van der Waals surface area contributed by atoms with E-state index in [4.69, 9.17) is 4.42 Å². The zero-order valence-electron chi connectivity index (χ0n) is 12.4. The number of rotatable bonds is 3. The Hall–Kier alpha value is -1.56. The minimum atomic E-state index is -0.341. The van der Waals surface area contributed by atoms with Gasteiger partial charge >= 0.3 is 0 Å². The van der Waals surface area contributed by atoms with Crippen molar-refractivity contribution in [1.82, 2.24) is 10.2 Å². The standard InChI is InChI=1S/C16H19FN2O2.ClH/c1-11-9-12(17)10-13(16(11)20)15(14-3-2-8-21-14)19-6-4-18-5-7-19;/h2-3,8-10,15,18,20H,4-7H2,1H3;1H/t15-;/m1./s1. The van der Waals surface area contributed by atoms with Gasteiger partial charge in [-0.1, -0.05) is 0 Å². The highest BCUT2D eigenvalue weighted by Crippen LogP contribution is 2.36. The normalized spacial score (nSPS) is 17.0. The van der Waals surface area contributed by atoms with Crippen molar-refractivity contribution in [2.45, 2.75) is 13.0 Å². The predicted octanol–water partition coefficient (Wildman–Crippen LogP) is 2.85. The van der Waals surface area contributed by atoms with Crippen LogP contribution in [0.15, 0.2) is 34.9 Å². The van der Waals surface area contributed by atoms with Crippen molar-refractivity contribution in [3.8, 4) is 5.75 Å². The molecule has 1 aromatic carbocycles. The van der Waals surface area contributed by atoms with E-state index in [2.05, 4.69) is 10.2 Å². The highest BCUT2D eigenvalue weighted by atomic mass is 35.5. The first-order valence-corrected chi connectivity index (χ1v) is 7.14. The summed E-state index contributed by atoms with van der Waals surface area (Å²) < 4.78 is 19.3. The zero-order chi connectivity index (χ0) is 14.8. The van der Waals surface area contributed by atoms with Crippen LogP contribution in [-0.4, -0.2) is 36.2 Å². The summed E-state index contributed by atoms with van der Waals surface area (Å²) in [5, 5.41) is 13.7. The van der Waals surface area contributed by atoms with Crippen LogP contribution in [0.25, 0.3) is 0 Å². The van der Waals surface area contributed by atoms with E-state index in [0.717, 1.165) is 31.9 Å². The lowest BCUT2D eigenvalue weighted by Crippen LogP contribution is -2.45. The van der Waals surface area contributed by atoms with Crippen LogP contribution in [-0.2, 0) is 0 Å². The fourth-order valence-electron chi connectivity index (χ4n) is 2.89. The lowest BCUT2D eigenvalue weighted by molar-refractivity contribution is 0.177. The molecule has 0 radical (unpaired) electrons. The van der Waals surface area contributed by atoms with Gasteiger partial charge in [-0.25, -0.2) is 4.39 Å². The molecule has 1 aliphatic heterocycles. The Morgan fingerprint density at radius 3 is 2.68 bits per heavy atom. The monoisotopic (exact) mass is 326 g/mol. The summed E-state index contributed by atoms with van der Waals surface area (Å²) in [6, 6.07) is 6.16. The summed E-state index contributed by atoms with van der Waals surface area (Å²) in [4.78, 5) is 2.20. The highest BCUT2D eigenvalue weighted by Gasteiger charge is 2.29. The van der Waals surface area contributed by atoms with E-state index >= 15 is 0 Å². The smallest absolute Gasteiger partial charge is 0.125 e. The third-order valence-corrected chi connectivity index (χ3v) is 3.92. The van der Waals surface area contributed by atoms with Crippen LogP contribution in [0.4, 0.5) is 4.39 Å². The van der Waals surface area contributed by atoms with Gasteiger partial charge in [0.25, 0.3) is 0 Å². The van der Waals surface area contributed by atoms with Gasteiger partial charge in [-0.15, -0.1) is 12.4 Å². The van der Waals surface area contributed by atoms with Crippen molar-refractivity contribution in [3.05, 3.63) is 53.2 Å². The maximum Gasteiger partial charge on any atom is 0.125 e. The second kappa shape index (κ2) is 7.13. The Morgan fingerprint density at radius 1 is 1.32 bits per heavy atom. The number of phenolic OH excluding ortho intramolecular Hbond substituents is 1. The van der Waals surface area contributed by atoms with Gasteiger partial charge in [-0.3, -0.25) is 4.90 Å². The molecule has 0 amide bonds. The average molecular weight is 327 g/mol. The molecule has 0 bridgehead atoms. The molecule has 2 heterocycles. The van der Waals surface area contributed by atoms with Gasteiger partial charge in [0.05, 0.1) is 12.3 Å². The topological polar surface area (TPSA) is 48.6 Å². The number of nitrogens with zero attached hydrogens (tertiary/aromatic N) is 1. The molecular formula is C16H20ClFN2O2. The maximum absolute atomic E-state index is 13.8. The molecule has 1 atom stereocenters. The third kappa shape index (κ3) is 3.27. The molecule has 1 aromatic heterocycles. The number of halogens is 2. The molecule has 0 aliphatic carbocycles. The highest BCUT2D eigenvalue weighted by molar-refractivity contribution is 5.85. The molecule has 1 saturated heterocycles. The lowest BCUT2D eigenvalue weighted by atomic mass is 9.98. The lowest BCUT2D eigenvalue weighted by Gasteiger charge is -2.34. The molecule has 4 nitrogen and oxygen atoms in total. The van der Waals surface area contributed by atoms with E-state index < -0.39 is 0 Å². The largest absolute Gasteiger partial charge is 0.507 e. The van der Waals surface area contributed by atoms with E-state index in [1.807, 2.05) is 12.1 Å². The van der Waals surface area contributed by atoms with Crippen LogP contribution in [0, 0.1) is 12.7 Å². The quantitative estimate of drug-likeness (QED) is 0.910. The number of benzene rings is 1. The van der Waals surface area contributed by atoms with Crippen molar-refractivity contribution in [3.63, 3.8) is 0 Å². The van der Waals surface area contributed by atoms with Crippen LogP contribution in [0.5, 0.6) is 5.75 Å². The molecule has 1 fully saturated rings. The summed E-state index contributed by atoms with van der Waals surface area (Å²) in [6.45, 7) is 5.08. The number of hydrogen-bond acceptors (Lipinski definition) is 4. The maximum atomic E-state index is 13.8. The molecule has 0 spiro atoms. The average Bonchev–Trinajstić information content (AvgIpc) is 2.99. The molecule has 2 aromatic rings. The molecule has 0 unspecified atom stereocenters. The number of hydrogen-bond donors (Lipinski definition) is 2. The number of phenols is 1. The van der Waals surface area contributed by atoms with E-state index in [-0.39, 0.29) is 30.0 Å². The van der Waals surface area contributed by atoms with Gasteiger partial charge in [0.15, 0.2) is 0 Å². The SMILES string of the molecule is Cc1cc(F)cc([C@H](c2ccco2)N2CCNCC2)c1O.Cl. The first-order chi connectivity index (χ1) is 10.2. The van der Waals surface area contributed by atoms with E-state index in [0.29, 0.717) is 11.1 Å². The van der Waals surface area contributed by atoms with Crippen LogP contribution in [0.1, 0.15) is 22.9 Å². The van der Waals surface area contributed by atoms with Gasteiger partial charge in [0.1, 0.15) is 17.3 Å². The summed E-state index contributed by atoms with van der Waals surface area (Å²) in [6.07, 6.45) is 1.60. The Balaban J connectivity index is 0.00000176. The van der Waals surface area contributed by atoms with Gasteiger partial charge in [0, 0.05) is 31.7 Å². The molecule has 120 valence electrons. The number of furan rings is 1. The summed E-state index contributed by atoms with van der Waals surface area (Å²) in [7, 11) is 0. The van der Waals surface area contributed by atoms with Crippen molar-refractivity contribution in [2.75, 3.05) is 26.2 Å². The zero-order valence-corrected chi connectivity index (χ0v) is 13.2. The fraction of sp³-hybridized carbons (Fsp3) is 0.375. The van der Waals surface area contributed by atoms with Gasteiger partial charge in [0.2, 0.25) is 0 Å². The second-order valence-electron chi connectivity index (χ2n) is 5.36. The molecule has 22 heavy (non-hydrogen) atoms. The van der Waals surface area contributed by atoms with Gasteiger partial charge in [-0.05, 0) is 36.8 Å². The summed E-state index contributed by atoms with van der Waals surface area (Å²) in [5.41, 5.74) is 1.10. The Morgan fingerprint density at radius 2 is 2.05 bits per heavy atom. The van der Waals surface area contributed by atoms with Gasteiger partial charge in [-0.2, -0.15) is 0 Å². The van der Waals surface area contributed by atoms with Crippen molar-refractivity contribution >= 4 is 12.4 Å². The number of aryl methyl sites for hydroxylation is 1. The fourth-order valence-corrected chi connectivity index (χ4v) is 2.89. The van der Waals surface area contributed by atoms with Crippen LogP contribution in [0.3, 0.4) is 0 Å². The molecule has 2 N–H and O–H groups in total. The van der Waals surface area contributed by atoms with E-state index in [1.54, 1.807) is 13.2 Å². The van der Waals surface area contributed by atoms with Crippen LogP contribution >= 0.6 is 12.4 Å². The van der Waals surface area contributed by atoms with Crippen molar-refractivity contribution in [1.29, 1.82) is 0 Å². The van der Waals surface area contributed by atoms with Crippen molar-refractivity contribution < 1.29 is 13.9 Å². The predicted molar refractivity (Wildman–Crippen MR) is 85.0 cm³/mol. The summed E-state index contributed by atoms with van der Waals surface area (Å²) >= 11 is 0. The van der Waals surface area contributed by atoms with E-state index in [9.17, 15) is 9.50 Å². The molecule has 0 saturated carbocycles. The second-order valence-corrected chi connectivity index (χ2v) is 5.36. The van der Waals surface area contributed by atoms with Gasteiger partial charge < -0.3 is 14.8 Å². The minimum absolute atomic E-state index is 0. The minimum Gasteiger partial charge on any atom is -0.507 e. The molecule has 6 heteroatoms. The number of aromatic hydroxyl groups is 1. The third-order valence-electron chi connectivity index (χ3n) is 3.92. The molecular weight excluding hydrogens is 307 g/mol. The Kier molecular flexibility index (Phi) is 5.45. The number of piperazine rings is 1. The Labute approximate surface area is 135 Å².